The predicted octanol–water partition coefficient (Wildman–Crippen LogP) is 2.89. The Morgan fingerprint density at radius 1 is 1.56 bits per heavy atom. The molecule has 0 aromatic carbocycles. The maximum absolute atomic E-state index is 11.8. The van der Waals surface area contributed by atoms with Crippen LogP contribution in [0.5, 0.6) is 0 Å². The lowest BCUT2D eigenvalue weighted by Crippen LogP contribution is -2.35. The van der Waals surface area contributed by atoms with Gasteiger partial charge < -0.3 is 14.5 Å². The van der Waals surface area contributed by atoms with E-state index < -0.39 is 18.9 Å². The van der Waals surface area contributed by atoms with Gasteiger partial charge in [-0.05, 0) is 25.5 Å². The highest BCUT2D eigenvalue weighted by atomic mass is 19.4. The van der Waals surface area contributed by atoms with Crippen LogP contribution in [0.3, 0.4) is 0 Å². The first-order chi connectivity index (χ1) is 8.37. The van der Waals surface area contributed by atoms with Gasteiger partial charge in [-0.25, -0.2) is 4.79 Å². The molecule has 1 unspecified atom stereocenters. The third-order valence-corrected chi connectivity index (χ3v) is 2.14. The number of hydrogen-bond acceptors (Lipinski definition) is 3. The minimum Gasteiger partial charge on any atom is -0.469 e. The first kappa shape index (κ1) is 14.4. The number of halogens is 3. The molecule has 0 spiro atoms. The van der Waals surface area contributed by atoms with E-state index in [4.69, 9.17) is 4.42 Å². The number of alkyl carbamates (subject to hydrolysis) is 1. The van der Waals surface area contributed by atoms with E-state index in [2.05, 4.69) is 10.1 Å². The van der Waals surface area contributed by atoms with Crippen LogP contribution in [0.2, 0.25) is 0 Å². The molecule has 1 N–H and O–H groups in total. The van der Waals surface area contributed by atoms with E-state index in [1.54, 1.807) is 19.1 Å². The Morgan fingerprint density at radius 3 is 2.83 bits per heavy atom. The van der Waals surface area contributed by atoms with Gasteiger partial charge in [0.25, 0.3) is 0 Å². The van der Waals surface area contributed by atoms with Gasteiger partial charge in [-0.15, -0.1) is 0 Å². The number of nitrogens with one attached hydrogen (secondary N) is 1. The lowest BCUT2D eigenvalue weighted by atomic mass is 10.1. The summed E-state index contributed by atoms with van der Waals surface area (Å²) in [4.78, 5) is 11.0. The topological polar surface area (TPSA) is 51.5 Å². The quantitative estimate of drug-likeness (QED) is 0.890. The number of furan rings is 1. The Hall–Kier alpha value is -1.66. The molecule has 0 saturated carbocycles. The molecule has 0 fully saturated rings. The molecule has 7 heteroatoms. The molecule has 1 aromatic rings. The second-order valence-corrected chi connectivity index (χ2v) is 3.85. The average molecular weight is 265 g/mol. The SMILES string of the molecule is CC(CCc1ccco1)NC(=O)OCC(F)(F)F. The van der Waals surface area contributed by atoms with Crippen LogP contribution in [0, 0.1) is 0 Å². The number of carbonyl (C=O) groups excluding carboxylic acids is 1. The molecular weight excluding hydrogens is 251 g/mol. The number of ether oxygens (including phenoxy) is 1. The smallest absolute Gasteiger partial charge is 0.422 e. The number of amides is 1. The van der Waals surface area contributed by atoms with E-state index >= 15 is 0 Å². The van der Waals surface area contributed by atoms with E-state index in [1.165, 1.54) is 6.26 Å². The van der Waals surface area contributed by atoms with Gasteiger partial charge in [0, 0.05) is 12.5 Å². The van der Waals surface area contributed by atoms with Crippen molar-refractivity contribution in [1.29, 1.82) is 0 Å². The molecule has 0 aliphatic carbocycles. The number of aryl methyl sites for hydroxylation is 1. The van der Waals surface area contributed by atoms with E-state index in [-0.39, 0.29) is 6.04 Å². The Bertz CT molecular complexity index is 362. The van der Waals surface area contributed by atoms with Crippen LogP contribution in [-0.2, 0) is 11.2 Å². The molecular formula is C11H14F3NO3. The largest absolute Gasteiger partial charge is 0.469 e. The third kappa shape index (κ3) is 6.17. The molecule has 1 amide bonds. The van der Waals surface area contributed by atoms with Crippen molar-refractivity contribution in [2.75, 3.05) is 6.61 Å². The molecule has 1 rings (SSSR count). The summed E-state index contributed by atoms with van der Waals surface area (Å²) in [7, 11) is 0. The highest BCUT2D eigenvalue weighted by Crippen LogP contribution is 2.14. The predicted molar refractivity (Wildman–Crippen MR) is 57.0 cm³/mol. The van der Waals surface area contributed by atoms with Gasteiger partial charge in [0.15, 0.2) is 6.61 Å². The highest BCUT2D eigenvalue weighted by molar-refractivity contribution is 5.67. The number of hydrogen-bond donors (Lipinski definition) is 1. The van der Waals surface area contributed by atoms with E-state index in [1.807, 2.05) is 0 Å². The van der Waals surface area contributed by atoms with Crippen LogP contribution >= 0.6 is 0 Å². The number of alkyl halides is 3. The van der Waals surface area contributed by atoms with Gasteiger partial charge in [0.1, 0.15) is 5.76 Å². The second-order valence-electron chi connectivity index (χ2n) is 3.85. The van der Waals surface area contributed by atoms with Gasteiger partial charge >= 0.3 is 12.3 Å². The van der Waals surface area contributed by atoms with Crippen molar-refractivity contribution in [2.45, 2.75) is 32.0 Å². The molecule has 1 aromatic heterocycles. The van der Waals surface area contributed by atoms with Crippen LogP contribution in [-0.4, -0.2) is 24.9 Å². The van der Waals surface area contributed by atoms with E-state index in [0.29, 0.717) is 12.8 Å². The zero-order chi connectivity index (χ0) is 13.6. The van der Waals surface area contributed by atoms with Crippen LogP contribution in [0.4, 0.5) is 18.0 Å². The summed E-state index contributed by atoms with van der Waals surface area (Å²) in [5.41, 5.74) is 0. The molecule has 1 heterocycles. The summed E-state index contributed by atoms with van der Waals surface area (Å²) in [5, 5.41) is 2.31. The first-order valence-corrected chi connectivity index (χ1v) is 5.39. The lowest BCUT2D eigenvalue weighted by Gasteiger charge is -2.14. The maximum Gasteiger partial charge on any atom is 0.422 e. The Balaban J connectivity index is 2.19. The Morgan fingerprint density at radius 2 is 2.28 bits per heavy atom. The minimum atomic E-state index is -4.51. The average Bonchev–Trinajstić information content (AvgIpc) is 2.75. The molecule has 0 aliphatic rings. The van der Waals surface area contributed by atoms with Crippen molar-refractivity contribution in [2.24, 2.45) is 0 Å². The van der Waals surface area contributed by atoms with Crippen molar-refractivity contribution >= 4 is 6.09 Å². The number of carbonyl (C=O) groups is 1. The van der Waals surface area contributed by atoms with E-state index in [0.717, 1.165) is 5.76 Å². The number of rotatable bonds is 5. The molecule has 18 heavy (non-hydrogen) atoms. The first-order valence-electron chi connectivity index (χ1n) is 5.39. The summed E-state index contributed by atoms with van der Waals surface area (Å²) >= 11 is 0. The van der Waals surface area contributed by atoms with Crippen molar-refractivity contribution < 1.29 is 27.1 Å². The Labute approximate surface area is 102 Å². The molecule has 0 aliphatic heterocycles. The zero-order valence-electron chi connectivity index (χ0n) is 9.79. The fourth-order valence-corrected chi connectivity index (χ4v) is 1.28. The zero-order valence-corrected chi connectivity index (χ0v) is 9.79. The second kappa shape index (κ2) is 6.32. The van der Waals surface area contributed by atoms with Gasteiger partial charge in [0.05, 0.1) is 6.26 Å². The van der Waals surface area contributed by atoms with Gasteiger partial charge in [0.2, 0.25) is 0 Å². The van der Waals surface area contributed by atoms with Crippen molar-refractivity contribution in [3.63, 3.8) is 0 Å². The molecule has 0 radical (unpaired) electrons. The summed E-state index contributed by atoms with van der Waals surface area (Å²) in [6.07, 6.45) is -2.90. The molecule has 0 bridgehead atoms. The summed E-state index contributed by atoms with van der Waals surface area (Å²) in [6, 6.07) is 3.23. The molecule has 1 atom stereocenters. The molecule has 0 saturated heterocycles. The van der Waals surface area contributed by atoms with Gasteiger partial charge in [-0.2, -0.15) is 13.2 Å². The summed E-state index contributed by atoms with van der Waals surface area (Å²) < 4.78 is 44.4. The molecule has 4 nitrogen and oxygen atoms in total. The maximum atomic E-state index is 11.8. The standard InChI is InChI=1S/C11H14F3NO3/c1-8(4-5-9-3-2-6-17-9)15-10(16)18-7-11(12,13)14/h2-3,6,8H,4-5,7H2,1H3,(H,15,16). The normalized spacial score (nSPS) is 13.1. The lowest BCUT2D eigenvalue weighted by molar-refractivity contribution is -0.160. The van der Waals surface area contributed by atoms with Crippen LogP contribution in [0.25, 0.3) is 0 Å². The van der Waals surface area contributed by atoms with Crippen molar-refractivity contribution in [1.82, 2.24) is 5.32 Å². The van der Waals surface area contributed by atoms with Crippen LogP contribution in [0.1, 0.15) is 19.1 Å². The molecule has 102 valence electrons. The Kier molecular flexibility index (Phi) is 5.06. The summed E-state index contributed by atoms with van der Waals surface area (Å²) in [6.45, 7) is 0.0987. The minimum absolute atomic E-state index is 0.296. The summed E-state index contributed by atoms with van der Waals surface area (Å²) in [5.74, 6) is 0.757. The third-order valence-electron chi connectivity index (χ3n) is 2.14. The van der Waals surface area contributed by atoms with Crippen molar-refractivity contribution in [3.05, 3.63) is 24.2 Å². The van der Waals surface area contributed by atoms with Crippen molar-refractivity contribution in [3.8, 4) is 0 Å². The fourth-order valence-electron chi connectivity index (χ4n) is 1.28. The van der Waals surface area contributed by atoms with E-state index in [9.17, 15) is 18.0 Å². The van der Waals surface area contributed by atoms with Crippen LogP contribution in [0.15, 0.2) is 22.8 Å². The fraction of sp³-hybridized carbons (Fsp3) is 0.545. The highest BCUT2D eigenvalue weighted by Gasteiger charge is 2.29. The van der Waals surface area contributed by atoms with Crippen LogP contribution < -0.4 is 5.32 Å². The van der Waals surface area contributed by atoms with Gasteiger partial charge in [-0.3, -0.25) is 0 Å². The van der Waals surface area contributed by atoms with Gasteiger partial charge in [-0.1, -0.05) is 0 Å². The monoisotopic (exact) mass is 265 g/mol.